The number of nitrogens with zero attached hydrogens (tertiary/aromatic N) is 4. The third-order valence-corrected chi connectivity index (χ3v) is 5.49. The van der Waals surface area contributed by atoms with Gasteiger partial charge in [0.2, 0.25) is 5.91 Å². The second-order valence-corrected chi connectivity index (χ2v) is 7.86. The highest BCUT2D eigenvalue weighted by Crippen LogP contribution is 2.18. The van der Waals surface area contributed by atoms with Crippen LogP contribution in [0.15, 0.2) is 53.7 Å². The highest BCUT2D eigenvalue weighted by atomic mass is 32.2. The molecule has 2 N–H and O–H groups in total. The first-order valence-corrected chi connectivity index (χ1v) is 10.6. The molecule has 1 aromatic carbocycles. The molecule has 0 aliphatic heterocycles. The number of aryl methyl sites for hydroxylation is 1. The van der Waals surface area contributed by atoms with E-state index in [1.807, 2.05) is 23.6 Å². The van der Waals surface area contributed by atoms with Crippen molar-refractivity contribution in [2.75, 3.05) is 11.1 Å². The van der Waals surface area contributed by atoms with Crippen molar-refractivity contribution in [1.29, 1.82) is 0 Å². The lowest BCUT2D eigenvalue weighted by Crippen LogP contribution is -2.24. The molecule has 0 bridgehead atoms. The number of thioether (sulfide) groups is 1. The molecule has 29 heavy (non-hydrogen) atoms. The van der Waals surface area contributed by atoms with Gasteiger partial charge >= 0.3 is 0 Å². The zero-order chi connectivity index (χ0) is 20.6. The Bertz CT molecular complexity index is 983. The Morgan fingerprint density at radius 2 is 2.07 bits per heavy atom. The standard InChI is InChI=1S/C19H20N6O2S2/c1-3-9-25-15(11-21-17(27)14-6-4-13(2)5-7-14)23-24-19(25)29-12-16(26)22-18-20-8-10-28-18/h3-8,10H,1,9,11-12H2,2H3,(H,21,27)(H,20,22,26). The van der Waals surface area contributed by atoms with E-state index in [9.17, 15) is 9.59 Å². The number of allylic oxidation sites excluding steroid dienone is 1. The average Bonchev–Trinajstić information content (AvgIpc) is 3.35. The SMILES string of the molecule is C=CCn1c(CNC(=O)c2ccc(C)cc2)nnc1SCC(=O)Nc1nccs1. The van der Waals surface area contributed by atoms with Crippen molar-refractivity contribution in [3.05, 3.63) is 65.4 Å². The van der Waals surface area contributed by atoms with Crippen LogP contribution in [-0.4, -0.2) is 37.3 Å². The Labute approximate surface area is 176 Å². The van der Waals surface area contributed by atoms with E-state index in [0.29, 0.717) is 28.2 Å². The minimum absolute atomic E-state index is 0.171. The van der Waals surface area contributed by atoms with E-state index in [0.717, 1.165) is 5.56 Å². The monoisotopic (exact) mass is 428 g/mol. The van der Waals surface area contributed by atoms with E-state index < -0.39 is 0 Å². The molecule has 2 amide bonds. The van der Waals surface area contributed by atoms with Gasteiger partial charge in [-0.25, -0.2) is 4.98 Å². The summed E-state index contributed by atoms with van der Waals surface area (Å²) in [5.41, 5.74) is 1.67. The molecule has 0 spiro atoms. The quantitative estimate of drug-likeness (QED) is 0.401. The molecular weight excluding hydrogens is 408 g/mol. The Hall–Kier alpha value is -2.98. The summed E-state index contributed by atoms with van der Waals surface area (Å²) in [6, 6.07) is 7.34. The Morgan fingerprint density at radius 1 is 1.28 bits per heavy atom. The average molecular weight is 429 g/mol. The van der Waals surface area contributed by atoms with E-state index in [4.69, 9.17) is 0 Å². The van der Waals surface area contributed by atoms with Crippen molar-refractivity contribution in [1.82, 2.24) is 25.1 Å². The number of rotatable bonds is 9. The van der Waals surface area contributed by atoms with Gasteiger partial charge in [-0.3, -0.25) is 9.59 Å². The van der Waals surface area contributed by atoms with Gasteiger partial charge in [0.25, 0.3) is 5.91 Å². The van der Waals surface area contributed by atoms with E-state index in [2.05, 4.69) is 32.4 Å². The molecule has 8 nitrogen and oxygen atoms in total. The molecule has 0 aliphatic carbocycles. The molecule has 0 atom stereocenters. The molecule has 2 aromatic heterocycles. The van der Waals surface area contributed by atoms with Gasteiger partial charge < -0.3 is 15.2 Å². The third-order valence-electron chi connectivity index (χ3n) is 3.84. The lowest BCUT2D eigenvalue weighted by molar-refractivity contribution is -0.113. The van der Waals surface area contributed by atoms with Crippen molar-refractivity contribution in [2.45, 2.75) is 25.2 Å². The van der Waals surface area contributed by atoms with Crippen molar-refractivity contribution in [2.24, 2.45) is 0 Å². The third kappa shape index (κ3) is 5.75. The summed E-state index contributed by atoms with van der Waals surface area (Å²) < 4.78 is 1.82. The molecule has 2 heterocycles. The number of amides is 2. The largest absolute Gasteiger partial charge is 0.345 e. The summed E-state index contributed by atoms with van der Waals surface area (Å²) in [7, 11) is 0. The fraction of sp³-hybridized carbons (Fsp3) is 0.211. The maximum atomic E-state index is 12.3. The molecule has 3 aromatic rings. The zero-order valence-electron chi connectivity index (χ0n) is 15.8. The number of carbonyl (C=O) groups is 2. The van der Waals surface area contributed by atoms with Gasteiger partial charge in [-0.1, -0.05) is 35.5 Å². The summed E-state index contributed by atoms with van der Waals surface area (Å²) in [5, 5.41) is 16.8. The lowest BCUT2D eigenvalue weighted by atomic mass is 10.1. The zero-order valence-corrected chi connectivity index (χ0v) is 17.4. The van der Waals surface area contributed by atoms with Crippen LogP contribution in [0.3, 0.4) is 0 Å². The number of aromatic nitrogens is 4. The summed E-state index contributed by atoms with van der Waals surface area (Å²) >= 11 is 2.62. The van der Waals surface area contributed by atoms with Crippen LogP contribution < -0.4 is 10.6 Å². The minimum atomic E-state index is -0.185. The summed E-state index contributed by atoms with van der Waals surface area (Å²) in [5.74, 6) is 0.403. The van der Waals surface area contributed by atoms with Crippen molar-refractivity contribution in [3.63, 3.8) is 0 Å². The predicted octanol–water partition coefficient (Wildman–Crippen LogP) is 2.89. The number of anilines is 1. The van der Waals surface area contributed by atoms with Crippen molar-refractivity contribution < 1.29 is 9.59 Å². The topological polar surface area (TPSA) is 102 Å². The van der Waals surface area contributed by atoms with Gasteiger partial charge in [0.1, 0.15) is 0 Å². The first kappa shape index (κ1) is 20.7. The maximum Gasteiger partial charge on any atom is 0.251 e. The summed E-state index contributed by atoms with van der Waals surface area (Å²) in [6.07, 6.45) is 3.35. The molecule has 0 fully saturated rings. The summed E-state index contributed by atoms with van der Waals surface area (Å²) in [6.45, 7) is 6.42. The maximum absolute atomic E-state index is 12.3. The Kier molecular flexibility index (Phi) is 7.14. The van der Waals surface area contributed by atoms with Crippen molar-refractivity contribution >= 4 is 40.0 Å². The fourth-order valence-corrected chi connectivity index (χ4v) is 3.72. The molecule has 0 radical (unpaired) electrons. The minimum Gasteiger partial charge on any atom is -0.345 e. The van der Waals surface area contributed by atoms with Gasteiger partial charge in [-0.05, 0) is 19.1 Å². The Morgan fingerprint density at radius 3 is 2.76 bits per heavy atom. The second-order valence-electron chi connectivity index (χ2n) is 6.02. The van der Waals surface area contributed by atoms with Crippen LogP contribution in [0.25, 0.3) is 0 Å². The van der Waals surface area contributed by atoms with Gasteiger partial charge in [0.15, 0.2) is 16.1 Å². The molecule has 3 rings (SSSR count). The molecule has 10 heteroatoms. The second kappa shape index (κ2) is 9.99. The summed E-state index contributed by atoms with van der Waals surface area (Å²) in [4.78, 5) is 28.4. The molecule has 0 aliphatic rings. The van der Waals surface area contributed by atoms with Gasteiger partial charge in [0.05, 0.1) is 12.3 Å². The van der Waals surface area contributed by atoms with Crippen LogP contribution in [0.5, 0.6) is 0 Å². The fourth-order valence-electron chi connectivity index (χ4n) is 2.41. The van der Waals surface area contributed by atoms with Gasteiger partial charge in [0, 0.05) is 23.7 Å². The first-order chi connectivity index (χ1) is 14.1. The number of benzene rings is 1. The van der Waals surface area contributed by atoms with E-state index >= 15 is 0 Å². The van der Waals surface area contributed by atoms with Crippen LogP contribution in [0.4, 0.5) is 5.13 Å². The van der Waals surface area contributed by atoms with E-state index in [-0.39, 0.29) is 24.1 Å². The normalized spacial score (nSPS) is 10.5. The van der Waals surface area contributed by atoms with Crippen LogP contribution >= 0.6 is 23.1 Å². The van der Waals surface area contributed by atoms with Crippen LogP contribution in [-0.2, 0) is 17.9 Å². The smallest absolute Gasteiger partial charge is 0.251 e. The van der Waals surface area contributed by atoms with Gasteiger partial charge in [-0.2, -0.15) is 0 Å². The molecule has 0 saturated carbocycles. The number of thiazole rings is 1. The molecule has 0 unspecified atom stereocenters. The number of carbonyl (C=O) groups excluding carboxylic acids is 2. The van der Waals surface area contributed by atoms with E-state index in [1.54, 1.807) is 29.8 Å². The van der Waals surface area contributed by atoms with Crippen molar-refractivity contribution in [3.8, 4) is 0 Å². The van der Waals surface area contributed by atoms with Crippen LogP contribution in [0.2, 0.25) is 0 Å². The molecule has 0 saturated heterocycles. The highest BCUT2D eigenvalue weighted by molar-refractivity contribution is 7.99. The Balaban J connectivity index is 1.60. The van der Waals surface area contributed by atoms with Gasteiger partial charge in [-0.15, -0.1) is 28.1 Å². The molecular formula is C19H20N6O2S2. The van der Waals surface area contributed by atoms with E-state index in [1.165, 1.54) is 23.1 Å². The number of nitrogens with one attached hydrogen (secondary N) is 2. The first-order valence-electron chi connectivity index (χ1n) is 8.77. The predicted molar refractivity (Wildman–Crippen MR) is 114 cm³/mol. The highest BCUT2D eigenvalue weighted by Gasteiger charge is 2.15. The number of hydrogen-bond acceptors (Lipinski definition) is 7. The molecule has 150 valence electrons. The van der Waals surface area contributed by atoms with Crippen LogP contribution in [0.1, 0.15) is 21.7 Å². The number of hydrogen-bond donors (Lipinski definition) is 2. The lowest BCUT2D eigenvalue weighted by Gasteiger charge is -2.09. The van der Waals surface area contributed by atoms with Crippen LogP contribution in [0, 0.1) is 6.92 Å².